The summed E-state index contributed by atoms with van der Waals surface area (Å²) in [5.74, 6) is 0.654. The van der Waals surface area contributed by atoms with Gasteiger partial charge in [0.2, 0.25) is 0 Å². The molecule has 17 aromatic rings. The third kappa shape index (κ3) is 8.69. The van der Waals surface area contributed by atoms with Crippen molar-refractivity contribution in [2.24, 2.45) is 0 Å². The SMILES string of the molecule is Cc1ccc(-c2ccc3c(c2)c2cc(-c4ccc(C)cc4)ccc2n3-c2c(-c3ccccc3-n3c4ccccc4c4ccccc43)cc(-c3cc(-c4ccccc4)nc(-c4ccccc4)n3)cc2-c2ccccc2-n2c3ccccc3c3ccccc32)cc1. The Hall–Kier alpha value is -11.7. The molecule has 0 saturated heterocycles. The second-order valence-corrected chi connectivity index (χ2v) is 23.4. The number of aromatic nitrogens is 5. The van der Waals surface area contributed by atoms with Crippen molar-refractivity contribution in [3.8, 4) is 95.5 Å². The topological polar surface area (TPSA) is 40.6 Å². The summed E-state index contributed by atoms with van der Waals surface area (Å²) in [5.41, 5.74) is 25.8. The van der Waals surface area contributed by atoms with Crippen LogP contribution in [0.25, 0.3) is 161 Å². The predicted octanol–water partition coefficient (Wildman–Crippen LogP) is 22.1. The first-order valence-electron chi connectivity index (χ1n) is 30.5. The number of nitrogens with zero attached hydrogens (tertiary/aromatic N) is 5. The first-order chi connectivity index (χ1) is 44.0. The highest BCUT2D eigenvalue weighted by atomic mass is 15.0. The minimum absolute atomic E-state index is 0.654. The summed E-state index contributed by atoms with van der Waals surface area (Å²) in [5, 5.41) is 7.13. The molecule has 5 nitrogen and oxygen atoms in total. The van der Waals surface area contributed by atoms with Gasteiger partial charge in [0, 0.05) is 71.3 Å². The Bertz CT molecular complexity index is 5170. The second kappa shape index (κ2) is 21.1. The summed E-state index contributed by atoms with van der Waals surface area (Å²) in [6, 6.07) is 113. The molecular weight excluding hydrogens is 1080 g/mol. The van der Waals surface area contributed by atoms with E-state index in [-0.39, 0.29) is 0 Å². The fraction of sp³-hybridized carbons (Fsp3) is 0.0238. The molecule has 0 aliphatic carbocycles. The minimum Gasteiger partial charge on any atom is -0.309 e. The van der Waals surface area contributed by atoms with E-state index in [1.54, 1.807) is 0 Å². The number of hydrogen-bond acceptors (Lipinski definition) is 2. The van der Waals surface area contributed by atoms with Crippen LogP contribution in [-0.2, 0) is 0 Å². The van der Waals surface area contributed by atoms with Crippen LogP contribution in [0.4, 0.5) is 0 Å². The van der Waals surface area contributed by atoms with E-state index in [1.807, 2.05) is 6.07 Å². The summed E-state index contributed by atoms with van der Waals surface area (Å²) >= 11 is 0. The first-order valence-corrected chi connectivity index (χ1v) is 30.5. The van der Waals surface area contributed by atoms with Gasteiger partial charge in [0.15, 0.2) is 5.82 Å². The van der Waals surface area contributed by atoms with Crippen LogP contribution in [0.2, 0.25) is 0 Å². The van der Waals surface area contributed by atoms with Gasteiger partial charge >= 0.3 is 0 Å². The van der Waals surface area contributed by atoms with Crippen LogP contribution in [0.3, 0.4) is 0 Å². The Morgan fingerprint density at radius 3 is 1.01 bits per heavy atom. The molecule has 0 aliphatic heterocycles. The zero-order valence-corrected chi connectivity index (χ0v) is 49.2. The monoisotopic (exact) mass is 1140 g/mol. The van der Waals surface area contributed by atoms with Gasteiger partial charge in [0.1, 0.15) is 0 Å². The molecule has 4 aromatic heterocycles. The van der Waals surface area contributed by atoms with Crippen LogP contribution < -0.4 is 0 Å². The third-order valence-electron chi connectivity index (χ3n) is 18.0. The van der Waals surface area contributed by atoms with Crippen molar-refractivity contribution in [3.05, 3.63) is 321 Å². The van der Waals surface area contributed by atoms with Gasteiger partial charge in [0.25, 0.3) is 0 Å². The van der Waals surface area contributed by atoms with E-state index in [2.05, 4.69) is 331 Å². The Kier molecular flexibility index (Phi) is 12.3. The molecule has 0 spiro atoms. The van der Waals surface area contributed by atoms with Crippen molar-refractivity contribution in [2.75, 3.05) is 0 Å². The van der Waals surface area contributed by atoms with Crippen molar-refractivity contribution in [1.82, 2.24) is 23.7 Å². The van der Waals surface area contributed by atoms with Crippen molar-refractivity contribution in [2.45, 2.75) is 13.8 Å². The molecule has 13 aromatic carbocycles. The van der Waals surface area contributed by atoms with E-state index in [0.29, 0.717) is 5.82 Å². The fourth-order valence-electron chi connectivity index (χ4n) is 13.8. The highest BCUT2D eigenvalue weighted by Gasteiger charge is 2.28. The molecule has 89 heavy (non-hydrogen) atoms. The number of rotatable bonds is 10. The molecule has 0 unspecified atom stereocenters. The summed E-state index contributed by atoms with van der Waals surface area (Å²) in [4.78, 5) is 11.0. The van der Waals surface area contributed by atoms with E-state index in [1.165, 1.54) is 43.8 Å². The second-order valence-electron chi connectivity index (χ2n) is 23.4. The number of benzene rings is 13. The lowest BCUT2D eigenvalue weighted by molar-refractivity contribution is 1.15. The molecule has 0 bridgehead atoms. The maximum atomic E-state index is 5.63. The Morgan fingerprint density at radius 1 is 0.225 bits per heavy atom. The number of para-hydroxylation sites is 6. The average Bonchev–Trinajstić information content (AvgIpc) is 1.86. The Balaban J connectivity index is 1.06. The van der Waals surface area contributed by atoms with E-state index in [9.17, 15) is 0 Å². The van der Waals surface area contributed by atoms with Gasteiger partial charge in [-0.2, -0.15) is 0 Å². The minimum atomic E-state index is 0.654. The lowest BCUT2D eigenvalue weighted by Gasteiger charge is -2.24. The van der Waals surface area contributed by atoms with Crippen LogP contribution >= 0.6 is 0 Å². The highest BCUT2D eigenvalue weighted by molar-refractivity contribution is 6.15. The van der Waals surface area contributed by atoms with Crippen LogP contribution in [0, 0.1) is 13.8 Å². The lowest BCUT2D eigenvalue weighted by atomic mass is 9.90. The molecule has 17 rings (SSSR count). The maximum absolute atomic E-state index is 5.63. The predicted molar refractivity (Wildman–Crippen MR) is 373 cm³/mol. The van der Waals surface area contributed by atoms with Gasteiger partial charge in [-0.3, -0.25) is 0 Å². The zero-order chi connectivity index (χ0) is 59.1. The van der Waals surface area contributed by atoms with Crippen molar-refractivity contribution in [1.29, 1.82) is 0 Å². The highest BCUT2D eigenvalue weighted by Crippen LogP contribution is 2.49. The third-order valence-corrected chi connectivity index (χ3v) is 18.0. The summed E-state index contributed by atoms with van der Waals surface area (Å²) in [6.07, 6.45) is 0. The largest absolute Gasteiger partial charge is 0.309 e. The van der Waals surface area contributed by atoms with Gasteiger partial charge in [-0.1, -0.05) is 242 Å². The Labute approximate surface area is 516 Å². The molecule has 5 heteroatoms. The van der Waals surface area contributed by atoms with Crippen LogP contribution in [0.5, 0.6) is 0 Å². The fourth-order valence-corrected chi connectivity index (χ4v) is 13.8. The molecule has 0 amide bonds. The molecule has 4 heterocycles. The van der Waals surface area contributed by atoms with Crippen molar-refractivity contribution in [3.63, 3.8) is 0 Å². The van der Waals surface area contributed by atoms with Crippen molar-refractivity contribution >= 4 is 65.4 Å². The van der Waals surface area contributed by atoms with Gasteiger partial charge < -0.3 is 13.7 Å². The first kappa shape index (κ1) is 51.7. The molecule has 0 saturated carbocycles. The maximum Gasteiger partial charge on any atom is 0.160 e. The quantitative estimate of drug-likeness (QED) is 0.137. The molecule has 0 fully saturated rings. The van der Waals surface area contributed by atoms with Gasteiger partial charge in [-0.05, 0) is 115 Å². The smallest absolute Gasteiger partial charge is 0.160 e. The van der Waals surface area contributed by atoms with Crippen LogP contribution in [0.1, 0.15) is 11.1 Å². The number of hydrogen-bond donors (Lipinski definition) is 0. The van der Waals surface area contributed by atoms with Gasteiger partial charge in [0.05, 0.1) is 61.6 Å². The summed E-state index contributed by atoms with van der Waals surface area (Å²) in [6.45, 7) is 4.31. The summed E-state index contributed by atoms with van der Waals surface area (Å²) < 4.78 is 7.52. The number of aryl methyl sites for hydroxylation is 2. The van der Waals surface area contributed by atoms with Crippen molar-refractivity contribution < 1.29 is 0 Å². The number of fused-ring (bicyclic) bond motifs is 9. The molecule has 0 atom stereocenters. The van der Waals surface area contributed by atoms with E-state index in [4.69, 9.17) is 9.97 Å². The molecule has 418 valence electrons. The molecular formula is C84H57N5. The van der Waals surface area contributed by atoms with E-state index >= 15 is 0 Å². The van der Waals surface area contributed by atoms with E-state index in [0.717, 1.165) is 122 Å². The average molecular weight is 1140 g/mol. The molecule has 0 aliphatic rings. The Morgan fingerprint density at radius 2 is 0.573 bits per heavy atom. The van der Waals surface area contributed by atoms with Crippen LogP contribution in [-0.4, -0.2) is 23.7 Å². The van der Waals surface area contributed by atoms with Gasteiger partial charge in [-0.15, -0.1) is 0 Å². The molecule has 0 N–H and O–H groups in total. The normalized spacial score (nSPS) is 11.7. The summed E-state index contributed by atoms with van der Waals surface area (Å²) in [7, 11) is 0. The standard InChI is InChI=1S/C84H57N5/c1-54-37-41-56(42-38-54)60-45-47-81-69(49-60)70-50-61(57-43-39-55(2)40-44-57)46-48-82(70)89(81)83-71(67-29-13-19-35-79(67)87-75-31-15-9-25-63(75)64-26-10-16-32-76(64)87)51-62(74-53-73(58-21-5-3-6-22-58)85-84(86-74)59-23-7-4-8-24-59)52-72(83)68-30-14-20-36-80(68)88-77-33-17-11-27-65(77)66-28-12-18-34-78(66)88/h3-53H,1-2H3. The van der Waals surface area contributed by atoms with Crippen LogP contribution in [0.15, 0.2) is 309 Å². The lowest BCUT2D eigenvalue weighted by Crippen LogP contribution is -2.06. The van der Waals surface area contributed by atoms with Gasteiger partial charge in [-0.25, -0.2) is 9.97 Å². The zero-order valence-electron chi connectivity index (χ0n) is 49.2. The molecule has 0 radical (unpaired) electrons. The van der Waals surface area contributed by atoms with E-state index < -0.39 is 0 Å².